The van der Waals surface area contributed by atoms with Gasteiger partial charge in [0.25, 0.3) is 5.91 Å². The summed E-state index contributed by atoms with van der Waals surface area (Å²) in [6.07, 6.45) is 1.96. The zero-order valence-corrected chi connectivity index (χ0v) is 17.8. The van der Waals surface area contributed by atoms with Gasteiger partial charge in [-0.05, 0) is 43.5 Å². The van der Waals surface area contributed by atoms with Gasteiger partial charge in [-0.1, -0.05) is 17.7 Å². The van der Waals surface area contributed by atoms with E-state index in [1.807, 2.05) is 25.3 Å². The molecule has 6 nitrogen and oxygen atoms in total. The van der Waals surface area contributed by atoms with Crippen LogP contribution < -0.4 is 4.74 Å². The molecule has 2 aromatic rings. The molecule has 0 aliphatic carbocycles. The molecule has 0 spiro atoms. The normalized spacial score (nSPS) is 15.5. The predicted octanol–water partition coefficient (Wildman–Crippen LogP) is 2.87. The van der Waals surface area contributed by atoms with Crippen molar-refractivity contribution in [1.82, 2.24) is 9.21 Å². The number of hydrogen-bond donors (Lipinski definition) is 0. The van der Waals surface area contributed by atoms with Crippen molar-refractivity contribution >= 4 is 27.7 Å². The van der Waals surface area contributed by atoms with Crippen LogP contribution in [0.5, 0.6) is 5.75 Å². The molecular formula is C20H24N2O4S2. The largest absolute Gasteiger partial charge is 0.496 e. The Labute approximate surface area is 170 Å². The summed E-state index contributed by atoms with van der Waals surface area (Å²) in [6, 6.07) is 12.3. The first-order valence-corrected chi connectivity index (χ1v) is 11.6. The van der Waals surface area contributed by atoms with Crippen LogP contribution in [0, 0.1) is 6.92 Å². The van der Waals surface area contributed by atoms with Gasteiger partial charge in [-0.3, -0.25) is 4.79 Å². The fourth-order valence-electron chi connectivity index (χ4n) is 3.14. The van der Waals surface area contributed by atoms with E-state index >= 15 is 0 Å². The van der Waals surface area contributed by atoms with E-state index in [0.717, 1.165) is 10.5 Å². The molecule has 1 heterocycles. The van der Waals surface area contributed by atoms with Gasteiger partial charge in [-0.25, -0.2) is 8.42 Å². The zero-order chi connectivity index (χ0) is 20.3. The molecule has 0 aromatic heterocycles. The summed E-state index contributed by atoms with van der Waals surface area (Å²) in [4.78, 5) is 15.9. The van der Waals surface area contributed by atoms with E-state index in [0.29, 0.717) is 24.4 Å². The van der Waals surface area contributed by atoms with Gasteiger partial charge in [0.05, 0.1) is 17.6 Å². The van der Waals surface area contributed by atoms with E-state index in [2.05, 4.69) is 0 Å². The summed E-state index contributed by atoms with van der Waals surface area (Å²) in [7, 11) is -2.00. The van der Waals surface area contributed by atoms with Crippen molar-refractivity contribution < 1.29 is 17.9 Å². The molecule has 0 atom stereocenters. The lowest BCUT2D eigenvalue weighted by Gasteiger charge is -2.34. The molecule has 0 bridgehead atoms. The highest BCUT2D eigenvalue weighted by Gasteiger charge is 2.31. The molecule has 1 aliphatic rings. The molecule has 0 unspecified atom stereocenters. The van der Waals surface area contributed by atoms with Crippen molar-refractivity contribution in [1.29, 1.82) is 0 Å². The first-order valence-electron chi connectivity index (χ1n) is 8.95. The molecular weight excluding hydrogens is 396 g/mol. The molecule has 0 saturated carbocycles. The topological polar surface area (TPSA) is 66.9 Å². The number of rotatable bonds is 5. The standard InChI is InChI=1S/C20H24N2O4S2/c1-15-4-7-17(8-5-15)28(24,25)22-12-10-21(11-13-22)20(23)18-9-6-16(27-3)14-19(18)26-2/h4-9,14H,10-13H2,1-3H3. The number of amides is 1. The average Bonchev–Trinajstić information content (AvgIpc) is 2.73. The second-order valence-corrected chi connectivity index (χ2v) is 9.39. The monoisotopic (exact) mass is 420 g/mol. The third-order valence-electron chi connectivity index (χ3n) is 4.82. The number of nitrogens with zero attached hydrogens (tertiary/aromatic N) is 2. The summed E-state index contributed by atoms with van der Waals surface area (Å²) < 4.78 is 32.4. The van der Waals surface area contributed by atoms with Crippen molar-refractivity contribution in [2.75, 3.05) is 39.5 Å². The molecule has 1 saturated heterocycles. The number of ether oxygens (including phenoxy) is 1. The molecule has 28 heavy (non-hydrogen) atoms. The van der Waals surface area contributed by atoms with Crippen LogP contribution in [0.1, 0.15) is 15.9 Å². The van der Waals surface area contributed by atoms with Crippen molar-refractivity contribution in [2.45, 2.75) is 16.7 Å². The molecule has 1 amide bonds. The van der Waals surface area contributed by atoms with Crippen LogP contribution in [-0.4, -0.2) is 63.1 Å². The number of benzene rings is 2. The lowest BCUT2D eigenvalue weighted by Crippen LogP contribution is -2.50. The van der Waals surface area contributed by atoms with Gasteiger partial charge in [0.2, 0.25) is 10.0 Å². The van der Waals surface area contributed by atoms with Crippen LogP contribution in [0.15, 0.2) is 52.3 Å². The quantitative estimate of drug-likeness (QED) is 0.696. The van der Waals surface area contributed by atoms with Gasteiger partial charge in [-0.2, -0.15) is 4.31 Å². The van der Waals surface area contributed by atoms with E-state index in [-0.39, 0.29) is 23.9 Å². The Balaban J connectivity index is 1.71. The minimum atomic E-state index is -3.55. The molecule has 1 fully saturated rings. The third-order valence-corrected chi connectivity index (χ3v) is 7.46. The van der Waals surface area contributed by atoms with E-state index in [1.165, 1.54) is 4.31 Å². The number of carbonyl (C=O) groups is 1. The van der Waals surface area contributed by atoms with Crippen molar-refractivity contribution in [3.05, 3.63) is 53.6 Å². The van der Waals surface area contributed by atoms with Gasteiger partial charge >= 0.3 is 0 Å². The SMILES string of the molecule is COc1cc(SC)ccc1C(=O)N1CCN(S(=O)(=O)c2ccc(C)cc2)CC1. The summed E-state index contributed by atoms with van der Waals surface area (Å²) in [5, 5.41) is 0. The molecule has 0 radical (unpaired) electrons. The lowest BCUT2D eigenvalue weighted by atomic mass is 10.1. The smallest absolute Gasteiger partial charge is 0.257 e. The zero-order valence-electron chi connectivity index (χ0n) is 16.2. The van der Waals surface area contributed by atoms with Crippen molar-refractivity contribution in [3.8, 4) is 5.75 Å². The highest BCUT2D eigenvalue weighted by molar-refractivity contribution is 7.98. The number of sulfonamides is 1. The van der Waals surface area contributed by atoms with Gasteiger partial charge in [0.15, 0.2) is 0 Å². The van der Waals surface area contributed by atoms with Gasteiger partial charge in [0, 0.05) is 31.1 Å². The molecule has 2 aromatic carbocycles. The fraction of sp³-hybridized carbons (Fsp3) is 0.350. The number of thioether (sulfide) groups is 1. The summed E-state index contributed by atoms with van der Waals surface area (Å²) in [5.41, 5.74) is 1.51. The second kappa shape index (κ2) is 8.55. The van der Waals surface area contributed by atoms with E-state index in [1.54, 1.807) is 54.1 Å². The maximum atomic E-state index is 12.9. The first kappa shape index (κ1) is 20.7. The minimum absolute atomic E-state index is 0.142. The van der Waals surface area contributed by atoms with E-state index < -0.39 is 10.0 Å². The van der Waals surface area contributed by atoms with Crippen LogP contribution in [-0.2, 0) is 10.0 Å². The summed E-state index contributed by atoms with van der Waals surface area (Å²) in [5.74, 6) is 0.392. The molecule has 3 rings (SSSR count). The Kier molecular flexibility index (Phi) is 6.32. The molecule has 0 N–H and O–H groups in total. The first-order chi connectivity index (χ1) is 13.4. The van der Waals surface area contributed by atoms with E-state index in [4.69, 9.17) is 4.74 Å². The highest BCUT2D eigenvalue weighted by atomic mass is 32.2. The Hall–Kier alpha value is -2.03. The van der Waals surface area contributed by atoms with Crippen LogP contribution in [0.25, 0.3) is 0 Å². The van der Waals surface area contributed by atoms with Crippen LogP contribution in [0.2, 0.25) is 0 Å². The number of hydrogen-bond acceptors (Lipinski definition) is 5. The highest BCUT2D eigenvalue weighted by Crippen LogP contribution is 2.27. The number of aryl methyl sites for hydroxylation is 1. The van der Waals surface area contributed by atoms with Crippen LogP contribution >= 0.6 is 11.8 Å². The number of methoxy groups -OCH3 is 1. The molecule has 150 valence electrons. The fourth-order valence-corrected chi connectivity index (χ4v) is 4.99. The Morgan fingerprint density at radius 3 is 2.25 bits per heavy atom. The van der Waals surface area contributed by atoms with Crippen molar-refractivity contribution in [2.24, 2.45) is 0 Å². The van der Waals surface area contributed by atoms with Crippen LogP contribution in [0.3, 0.4) is 0 Å². The summed E-state index contributed by atoms with van der Waals surface area (Å²) >= 11 is 1.58. The summed E-state index contributed by atoms with van der Waals surface area (Å²) in [6.45, 7) is 3.15. The van der Waals surface area contributed by atoms with Gasteiger partial charge < -0.3 is 9.64 Å². The molecule has 1 aliphatic heterocycles. The Morgan fingerprint density at radius 1 is 1.04 bits per heavy atom. The third kappa shape index (κ3) is 4.19. The van der Waals surface area contributed by atoms with Crippen LogP contribution in [0.4, 0.5) is 0 Å². The number of piperazine rings is 1. The van der Waals surface area contributed by atoms with Gasteiger partial charge in [0.1, 0.15) is 5.75 Å². The van der Waals surface area contributed by atoms with Gasteiger partial charge in [-0.15, -0.1) is 11.8 Å². The Bertz CT molecular complexity index is 951. The average molecular weight is 421 g/mol. The predicted molar refractivity (Wildman–Crippen MR) is 111 cm³/mol. The second-order valence-electron chi connectivity index (χ2n) is 6.58. The maximum Gasteiger partial charge on any atom is 0.257 e. The van der Waals surface area contributed by atoms with E-state index in [9.17, 15) is 13.2 Å². The Morgan fingerprint density at radius 2 is 1.68 bits per heavy atom. The minimum Gasteiger partial charge on any atom is -0.496 e. The lowest BCUT2D eigenvalue weighted by molar-refractivity contribution is 0.0694. The van der Waals surface area contributed by atoms with Crippen molar-refractivity contribution in [3.63, 3.8) is 0 Å². The maximum absolute atomic E-state index is 12.9. The number of carbonyl (C=O) groups excluding carboxylic acids is 1. The molecule has 8 heteroatoms.